The van der Waals surface area contributed by atoms with Gasteiger partial charge in [0, 0.05) is 49.2 Å². The van der Waals surface area contributed by atoms with Crippen LogP contribution in [0.3, 0.4) is 0 Å². The van der Waals surface area contributed by atoms with Crippen LogP contribution in [0.1, 0.15) is 0 Å². The maximum absolute atomic E-state index is 6.20. The second-order valence-electron chi connectivity index (χ2n) is 6.33. The van der Waals surface area contributed by atoms with Gasteiger partial charge < -0.3 is 9.80 Å². The number of anilines is 1. The summed E-state index contributed by atoms with van der Waals surface area (Å²) in [5, 5.41) is 8.62. The van der Waals surface area contributed by atoms with Crippen LogP contribution in [0.4, 0.5) is 5.82 Å². The van der Waals surface area contributed by atoms with E-state index in [2.05, 4.69) is 38.1 Å². The van der Waals surface area contributed by atoms with Crippen LogP contribution in [0.15, 0.2) is 48.8 Å². The van der Waals surface area contributed by atoms with Gasteiger partial charge in [0.05, 0.1) is 11.3 Å². The number of H-pyrrole nitrogens is 1. The third-order valence-electron chi connectivity index (χ3n) is 4.63. The number of aromatic nitrogens is 3. The van der Waals surface area contributed by atoms with E-state index in [4.69, 9.17) is 11.6 Å². The van der Waals surface area contributed by atoms with E-state index in [9.17, 15) is 0 Å². The molecule has 1 aliphatic heterocycles. The molecule has 6 heteroatoms. The van der Waals surface area contributed by atoms with Gasteiger partial charge in [-0.05, 0) is 36.9 Å². The number of likely N-dealkylation sites (N-methyl/N-ethyl adjacent to an activating group) is 1. The highest BCUT2D eigenvalue weighted by Crippen LogP contribution is 2.38. The molecule has 0 saturated carbocycles. The van der Waals surface area contributed by atoms with E-state index in [0.29, 0.717) is 5.02 Å². The van der Waals surface area contributed by atoms with Gasteiger partial charge in [0.25, 0.3) is 0 Å². The van der Waals surface area contributed by atoms with Crippen LogP contribution in [0.5, 0.6) is 0 Å². The molecule has 0 bridgehead atoms. The number of hydrogen-bond donors (Lipinski definition) is 1. The largest absolute Gasteiger partial charge is 0.352 e. The van der Waals surface area contributed by atoms with Crippen molar-refractivity contribution in [2.24, 2.45) is 0 Å². The van der Waals surface area contributed by atoms with E-state index in [0.717, 1.165) is 54.4 Å². The number of pyridine rings is 1. The molecule has 1 saturated heterocycles. The van der Waals surface area contributed by atoms with Gasteiger partial charge in [-0.1, -0.05) is 23.7 Å². The van der Waals surface area contributed by atoms with E-state index in [1.807, 2.05) is 42.7 Å². The first-order valence-electron chi connectivity index (χ1n) is 8.40. The van der Waals surface area contributed by atoms with Gasteiger partial charge in [-0.25, -0.2) is 0 Å². The van der Waals surface area contributed by atoms with Crippen molar-refractivity contribution >= 4 is 17.4 Å². The molecular weight excluding hydrogens is 334 g/mol. The number of benzene rings is 1. The van der Waals surface area contributed by atoms with Gasteiger partial charge in [-0.3, -0.25) is 10.1 Å². The molecule has 1 aromatic carbocycles. The monoisotopic (exact) mass is 353 g/mol. The summed E-state index contributed by atoms with van der Waals surface area (Å²) >= 11 is 6.20. The second-order valence-corrected chi connectivity index (χ2v) is 6.77. The van der Waals surface area contributed by atoms with Crippen molar-refractivity contribution in [3.63, 3.8) is 0 Å². The van der Waals surface area contributed by atoms with Gasteiger partial charge in [-0.15, -0.1) is 0 Å². The summed E-state index contributed by atoms with van der Waals surface area (Å²) in [6.45, 7) is 4.01. The SMILES string of the molecule is CN1CCN(c2n[nH]c(-c3cccc(Cl)c3)c2-c2ccncc2)CC1. The highest BCUT2D eigenvalue weighted by Gasteiger charge is 2.23. The minimum atomic E-state index is 0.717. The minimum Gasteiger partial charge on any atom is -0.352 e. The third kappa shape index (κ3) is 3.25. The molecule has 3 heterocycles. The predicted molar refractivity (Wildman–Crippen MR) is 102 cm³/mol. The number of halogens is 1. The van der Waals surface area contributed by atoms with Crippen LogP contribution in [0.2, 0.25) is 5.02 Å². The Bertz CT molecular complexity index is 853. The number of aromatic amines is 1. The molecule has 4 rings (SSSR count). The maximum atomic E-state index is 6.20. The molecule has 25 heavy (non-hydrogen) atoms. The van der Waals surface area contributed by atoms with Gasteiger partial charge in [0.1, 0.15) is 0 Å². The first-order chi connectivity index (χ1) is 12.2. The first-order valence-corrected chi connectivity index (χ1v) is 8.78. The number of hydrogen-bond acceptors (Lipinski definition) is 4. The standard InChI is InChI=1S/C19H20ClN5/c1-24-9-11-25(12-10-24)19-17(14-5-7-21-8-6-14)18(22-23-19)15-3-2-4-16(20)13-15/h2-8,13H,9-12H2,1H3,(H,22,23). The smallest absolute Gasteiger partial charge is 0.159 e. The molecule has 1 N–H and O–H groups in total. The lowest BCUT2D eigenvalue weighted by molar-refractivity contribution is 0.312. The van der Waals surface area contributed by atoms with Gasteiger partial charge in [0.15, 0.2) is 5.82 Å². The Balaban J connectivity index is 1.83. The Labute approximate surface area is 152 Å². The molecule has 0 spiro atoms. The molecule has 5 nitrogen and oxygen atoms in total. The van der Waals surface area contributed by atoms with Crippen LogP contribution in [0, 0.1) is 0 Å². The lowest BCUT2D eigenvalue weighted by atomic mass is 10.0. The summed E-state index contributed by atoms with van der Waals surface area (Å²) in [5.41, 5.74) is 4.23. The molecular formula is C19H20ClN5. The zero-order valence-electron chi connectivity index (χ0n) is 14.1. The molecule has 3 aromatic rings. The summed E-state index contributed by atoms with van der Waals surface area (Å²) < 4.78 is 0. The summed E-state index contributed by atoms with van der Waals surface area (Å²) in [6.07, 6.45) is 3.63. The lowest BCUT2D eigenvalue weighted by Crippen LogP contribution is -2.44. The summed E-state index contributed by atoms with van der Waals surface area (Å²) in [7, 11) is 2.16. The van der Waals surface area contributed by atoms with E-state index >= 15 is 0 Å². The van der Waals surface area contributed by atoms with Crippen LogP contribution in [-0.4, -0.2) is 53.3 Å². The van der Waals surface area contributed by atoms with Gasteiger partial charge in [0.2, 0.25) is 0 Å². The van der Waals surface area contributed by atoms with Crippen molar-refractivity contribution in [2.75, 3.05) is 38.1 Å². The van der Waals surface area contributed by atoms with Gasteiger partial charge in [-0.2, -0.15) is 5.10 Å². The van der Waals surface area contributed by atoms with Crippen LogP contribution in [-0.2, 0) is 0 Å². The molecule has 0 amide bonds. The van der Waals surface area contributed by atoms with Crippen molar-refractivity contribution in [3.8, 4) is 22.4 Å². The fourth-order valence-electron chi connectivity index (χ4n) is 3.22. The topological polar surface area (TPSA) is 48.0 Å². The minimum absolute atomic E-state index is 0.717. The molecule has 0 unspecified atom stereocenters. The van der Waals surface area contributed by atoms with Crippen molar-refractivity contribution in [1.29, 1.82) is 0 Å². The molecule has 1 fully saturated rings. The predicted octanol–water partition coefficient (Wildman–Crippen LogP) is 3.54. The number of nitrogens with one attached hydrogen (secondary N) is 1. The highest BCUT2D eigenvalue weighted by atomic mass is 35.5. The third-order valence-corrected chi connectivity index (χ3v) is 4.87. The molecule has 1 aliphatic rings. The number of rotatable bonds is 3. The average molecular weight is 354 g/mol. The average Bonchev–Trinajstić information content (AvgIpc) is 3.08. The van der Waals surface area contributed by atoms with Crippen molar-refractivity contribution in [2.45, 2.75) is 0 Å². The molecule has 2 aromatic heterocycles. The Morgan fingerprint density at radius 1 is 1.00 bits per heavy atom. The molecule has 128 valence electrons. The summed E-state index contributed by atoms with van der Waals surface area (Å²) in [5.74, 6) is 0.995. The zero-order valence-corrected chi connectivity index (χ0v) is 14.9. The van der Waals surface area contributed by atoms with E-state index < -0.39 is 0 Å². The number of piperazine rings is 1. The van der Waals surface area contributed by atoms with E-state index in [-0.39, 0.29) is 0 Å². The Morgan fingerprint density at radius 3 is 2.48 bits per heavy atom. The van der Waals surface area contributed by atoms with Crippen molar-refractivity contribution in [1.82, 2.24) is 20.1 Å². The summed E-state index contributed by atoms with van der Waals surface area (Å²) in [6, 6.07) is 11.9. The quantitative estimate of drug-likeness (QED) is 0.782. The fraction of sp³-hybridized carbons (Fsp3) is 0.263. The first kappa shape index (κ1) is 16.1. The van der Waals surface area contributed by atoms with Crippen LogP contribution >= 0.6 is 11.6 Å². The van der Waals surface area contributed by atoms with Gasteiger partial charge >= 0.3 is 0 Å². The van der Waals surface area contributed by atoms with E-state index in [1.54, 1.807) is 0 Å². The Morgan fingerprint density at radius 2 is 1.76 bits per heavy atom. The molecule has 0 aliphatic carbocycles. The second kappa shape index (κ2) is 6.86. The fourth-order valence-corrected chi connectivity index (χ4v) is 3.41. The highest BCUT2D eigenvalue weighted by molar-refractivity contribution is 6.30. The lowest BCUT2D eigenvalue weighted by Gasteiger charge is -2.33. The van der Waals surface area contributed by atoms with Crippen LogP contribution < -0.4 is 4.90 Å². The molecule has 0 radical (unpaired) electrons. The molecule has 0 atom stereocenters. The number of nitrogens with zero attached hydrogens (tertiary/aromatic N) is 4. The van der Waals surface area contributed by atoms with Crippen LogP contribution in [0.25, 0.3) is 22.4 Å². The Hall–Kier alpha value is -2.37. The van der Waals surface area contributed by atoms with Crippen molar-refractivity contribution in [3.05, 3.63) is 53.8 Å². The normalized spacial score (nSPS) is 15.5. The zero-order chi connectivity index (χ0) is 17.2. The van der Waals surface area contributed by atoms with Crippen molar-refractivity contribution < 1.29 is 0 Å². The maximum Gasteiger partial charge on any atom is 0.159 e. The summed E-state index contributed by atoms with van der Waals surface area (Å²) in [4.78, 5) is 8.84. The van der Waals surface area contributed by atoms with E-state index in [1.165, 1.54) is 0 Å². The Kier molecular flexibility index (Phi) is 4.42.